The first kappa shape index (κ1) is 22.0. The van der Waals surface area contributed by atoms with Gasteiger partial charge in [-0.25, -0.2) is 4.98 Å². The topological polar surface area (TPSA) is 55.8 Å². The predicted molar refractivity (Wildman–Crippen MR) is 117 cm³/mol. The van der Waals surface area contributed by atoms with Gasteiger partial charge in [-0.1, -0.05) is 13.8 Å². The third-order valence-corrected chi connectivity index (χ3v) is 4.33. The van der Waals surface area contributed by atoms with Crippen molar-refractivity contribution in [3.05, 3.63) is 23.9 Å². The van der Waals surface area contributed by atoms with Crippen LogP contribution in [-0.4, -0.2) is 62.7 Å². The molecule has 1 fully saturated rings. The van der Waals surface area contributed by atoms with Gasteiger partial charge in [0.05, 0.1) is 0 Å². The predicted octanol–water partition coefficient (Wildman–Crippen LogP) is 2.16. The molecular weight excluding hydrogens is 427 g/mol. The van der Waals surface area contributed by atoms with Crippen molar-refractivity contribution in [3.8, 4) is 0 Å². The van der Waals surface area contributed by atoms with E-state index in [1.165, 1.54) is 5.56 Å². The van der Waals surface area contributed by atoms with Gasteiger partial charge in [0.2, 0.25) is 0 Å². The maximum atomic E-state index is 4.54. The van der Waals surface area contributed by atoms with E-state index < -0.39 is 0 Å². The summed E-state index contributed by atoms with van der Waals surface area (Å²) in [5.41, 5.74) is 1.23. The number of anilines is 1. The van der Waals surface area contributed by atoms with Crippen molar-refractivity contribution < 1.29 is 0 Å². The molecule has 0 radical (unpaired) electrons. The number of piperazine rings is 1. The van der Waals surface area contributed by atoms with Crippen LogP contribution in [0.3, 0.4) is 0 Å². The molecule has 1 aliphatic rings. The number of halogens is 1. The first-order valence-electron chi connectivity index (χ1n) is 8.91. The lowest BCUT2D eigenvalue weighted by Crippen LogP contribution is -2.44. The highest BCUT2D eigenvalue weighted by Gasteiger charge is 2.15. The molecule has 25 heavy (non-hydrogen) atoms. The van der Waals surface area contributed by atoms with Gasteiger partial charge in [0.15, 0.2) is 5.96 Å². The van der Waals surface area contributed by atoms with Gasteiger partial charge in [-0.2, -0.15) is 0 Å². The molecule has 1 aromatic heterocycles. The Balaban J connectivity index is 0.00000312. The Morgan fingerprint density at radius 2 is 1.96 bits per heavy atom. The number of aliphatic imine (C=N–C) groups is 1. The van der Waals surface area contributed by atoms with Crippen molar-refractivity contribution in [2.75, 3.05) is 51.7 Å². The van der Waals surface area contributed by atoms with Gasteiger partial charge in [-0.3, -0.25) is 4.99 Å². The number of pyridine rings is 1. The van der Waals surface area contributed by atoms with E-state index in [-0.39, 0.29) is 24.0 Å². The molecule has 1 aromatic rings. The molecule has 0 spiro atoms. The van der Waals surface area contributed by atoms with E-state index in [0.29, 0.717) is 5.92 Å². The Morgan fingerprint density at radius 1 is 1.24 bits per heavy atom. The average Bonchev–Trinajstić information content (AvgIpc) is 2.58. The fraction of sp³-hybridized carbons (Fsp3) is 0.667. The van der Waals surface area contributed by atoms with Crippen LogP contribution in [-0.2, 0) is 6.54 Å². The number of likely N-dealkylation sites (N-methyl/N-ethyl adjacent to an activating group) is 1. The third-order valence-electron chi connectivity index (χ3n) is 4.33. The number of guanidine groups is 1. The van der Waals surface area contributed by atoms with Crippen LogP contribution in [0.25, 0.3) is 0 Å². The van der Waals surface area contributed by atoms with Gasteiger partial charge >= 0.3 is 0 Å². The molecule has 6 nitrogen and oxygen atoms in total. The Morgan fingerprint density at radius 3 is 2.60 bits per heavy atom. The van der Waals surface area contributed by atoms with Crippen LogP contribution in [0.2, 0.25) is 0 Å². The van der Waals surface area contributed by atoms with Crippen molar-refractivity contribution in [3.63, 3.8) is 0 Å². The van der Waals surface area contributed by atoms with Crippen molar-refractivity contribution >= 4 is 35.8 Å². The molecule has 2 heterocycles. The zero-order chi connectivity index (χ0) is 17.4. The number of hydrogen-bond donors (Lipinski definition) is 2. The molecule has 0 amide bonds. The summed E-state index contributed by atoms with van der Waals surface area (Å²) in [5, 5.41) is 6.74. The Kier molecular flexibility index (Phi) is 10.1. The largest absolute Gasteiger partial charge is 0.356 e. The van der Waals surface area contributed by atoms with Crippen molar-refractivity contribution in [1.82, 2.24) is 20.5 Å². The van der Waals surface area contributed by atoms with E-state index in [9.17, 15) is 0 Å². The summed E-state index contributed by atoms with van der Waals surface area (Å²) < 4.78 is 0. The van der Waals surface area contributed by atoms with Gasteiger partial charge in [-0.15, -0.1) is 24.0 Å². The number of nitrogens with one attached hydrogen (secondary N) is 2. The second kappa shape index (κ2) is 11.5. The molecule has 0 aliphatic carbocycles. The fourth-order valence-corrected chi connectivity index (χ4v) is 2.66. The maximum Gasteiger partial charge on any atom is 0.191 e. The van der Waals surface area contributed by atoms with E-state index in [2.05, 4.69) is 63.4 Å². The van der Waals surface area contributed by atoms with Crippen molar-refractivity contribution in [2.24, 2.45) is 10.9 Å². The van der Waals surface area contributed by atoms with E-state index >= 15 is 0 Å². The normalized spacial score (nSPS) is 15.9. The van der Waals surface area contributed by atoms with E-state index in [1.807, 2.05) is 13.2 Å². The van der Waals surface area contributed by atoms with Crippen LogP contribution >= 0.6 is 24.0 Å². The maximum absolute atomic E-state index is 4.54. The summed E-state index contributed by atoms with van der Waals surface area (Å²) in [7, 11) is 3.98. The van der Waals surface area contributed by atoms with Gasteiger partial charge in [0.1, 0.15) is 5.82 Å². The van der Waals surface area contributed by atoms with Gasteiger partial charge in [-0.05, 0) is 37.1 Å². The molecular formula is C18H33IN6. The Bertz CT molecular complexity index is 526. The van der Waals surface area contributed by atoms with Gasteiger partial charge in [0.25, 0.3) is 0 Å². The van der Waals surface area contributed by atoms with E-state index in [1.54, 1.807) is 0 Å². The van der Waals surface area contributed by atoms with Crippen molar-refractivity contribution in [2.45, 2.75) is 26.8 Å². The fourth-order valence-electron chi connectivity index (χ4n) is 2.66. The minimum absolute atomic E-state index is 0. The number of nitrogens with zero attached hydrogens (tertiary/aromatic N) is 4. The second-order valence-corrected chi connectivity index (χ2v) is 6.85. The highest BCUT2D eigenvalue weighted by atomic mass is 127. The standard InChI is InChI=1S/C18H32N6.HI/c1-15(2)5-7-21-18(19-3)22-14-16-6-8-20-17(13-16)24-11-9-23(4)10-12-24;/h6,8,13,15H,5,7,9-12,14H2,1-4H3,(H2,19,21,22);1H. The van der Waals surface area contributed by atoms with Crippen LogP contribution < -0.4 is 15.5 Å². The second-order valence-electron chi connectivity index (χ2n) is 6.85. The quantitative estimate of drug-likeness (QED) is 0.387. The summed E-state index contributed by atoms with van der Waals surface area (Å²) >= 11 is 0. The molecule has 0 aromatic carbocycles. The first-order chi connectivity index (χ1) is 11.6. The molecule has 142 valence electrons. The smallest absolute Gasteiger partial charge is 0.191 e. The van der Waals surface area contributed by atoms with E-state index in [0.717, 1.165) is 57.5 Å². The van der Waals surface area contributed by atoms with Crippen LogP contribution in [0.4, 0.5) is 5.82 Å². The summed E-state index contributed by atoms with van der Waals surface area (Å²) in [6.07, 6.45) is 3.04. The van der Waals surface area contributed by atoms with Gasteiger partial charge < -0.3 is 20.4 Å². The number of rotatable bonds is 6. The lowest BCUT2D eigenvalue weighted by Gasteiger charge is -2.33. The summed E-state index contributed by atoms with van der Waals surface area (Å²) in [4.78, 5) is 13.5. The minimum atomic E-state index is 0. The van der Waals surface area contributed by atoms with Crippen LogP contribution in [0.15, 0.2) is 23.3 Å². The SMILES string of the molecule is CN=C(NCCC(C)C)NCc1ccnc(N2CCN(C)CC2)c1.I. The Labute approximate surface area is 169 Å². The molecule has 1 saturated heterocycles. The Hall–Kier alpha value is -1.09. The van der Waals surface area contributed by atoms with Gasteiger partial charge in [0, 0.05) is 52.5 Å². The first-order valence-corrected chi connectivity index (χ1v) is 8.91. The molecule has 1 aliphatic heterocycles. The minimum Gasteiger partial charge on any atom is -0.356 e. The van der Waals surface area contributed by atoms with Crippen molar-refractivity contribution in [1.29, 1.82) is 0 Å². The molecule has 0 bridgehead atoms. The lowest BCUT2D eigenvalue weighted by molar-refractivity contribution is 0.312. The lowest BCUT2D eigenvalue weighted by atomic mass is 10.1. The summed E-state index contributed by atoms with van der Waals surface area (Å²) in [6.45, 7) is 10.4. The molecule has 7 heteroatoms. The molecule has 2 rings (SSSR count). The van der Waals surface area contributed by atoms with Crippen LogP contribution in [0.5, 0.6) is 0 Å². The molecule has 0 atom stereocenters. The molecule has 2 N–H and O–H groups in total. The summed E-state index contributed by atoms with van der Waals surface area (Å²) in [5.74, 6) is 2.63. The summed E-state index contributed by atoms with van der Waals surface area (Å²) in [6, 6.07) is 4.24. The zero-order valence-corrected chi connectivity index (χ0v) is 18.3. The average molecular weight is 460 g/mol. The number of aromatic nitrogens is 1. The molecule has 0 saturated carbocycles. The van der Waals surface area contributed by atoms with Crippen LogP contribution in [0, 0.1) is 5.92 Å². The molecule has 0 unspecified atom stereocenters. The highest BCUT2D eigenvalue weighted by molar-refractivity contribution is 14.0. The monoisotopic (exact) mass is 460 g/mol. The van der Waals surface area contributed by atoms with E-state index in [4.69, 9.17) is 0 Å². The highest BCUT2D eigenvalue weighted by Crippen LogP contribution is 2.14. The third kappa shape index (κ3) is 7.77. The zero-order valence-electron chi connectivity index (χ0n) is 16.0. The van der Waals surface area contributed by atoms with Crippen LogP contribution in [0.1, 0.15) is 25.8 Å². The number of hydrogen-bond acceptors (Lipinski definition) is 4.